The molecule has 1 aromatic carbocycles. The number of benzene rings is 1. The van der Waals surface area contributed by atoms with Gasteiger partial charge in [-0.2, -0.15) is 0 Å². The third-order valence-electron chi connectivity index (χ3n) is 2.69. The summed E-state index contributed by atoms with van der Waals surface area (Å²) in [7, 11) is -3.53. The van der Waals surface area contributed by atoms with Crippen LogP contribution in [0.2, 0.25) is 0 Å². The predicted octanol–water partition coefficient (Wildman–Crippen LogP) is 2.42. The highest BCUT2D eigenvalue weighted by Crippen LogP contribution is 2.26. The Bertz CT molecular complexity index is 591. The average molecular weight is 345 g/mol. The van der Waals surface area contributed by atoms with Crippen LogP contribution in [0.4, 0.5) is 5.69 Å². The van der Waals surface area contributed by atoms with Crippen LogP contribution in [0.3, 0.4) is 0 Å². The molecule has 4 nitrogen and oxygen atoms in total. The molecule has 1 rings (SSSR count). The molecule has 3 N–H and O–H groups in total. The fraction of sp³-hybridized carbons (Fsp3) is 0.385. The monoisotopic (exact) mass is 344 g/mol. The molecule has 0 saturated carbocycles. The first-order valence-corrected chi connectivity index (χ1v) is 8.15. The summed E-state index contributed by atoms with van der Waals surface area (Å²) in [6.45, 7) is 2.06. The van der Waals surface area contributed by atoms with Crippen molar-refractivity contribution >= 4 is 31.6 Å². The van der Waals surface area contributed by atoms with Gasteiger partial charge < -0.3 is 5.73 Å². The number of halogens is 1. The summed E-state index contributed by atoms with van der Waals surface area (Å²) in [5, 5.41) is 0. The van der Waals surface area contributed by atoms with Gasteiger partial charge in [-0.05, 0) is 37.5 Å². The van der Waals surface area contributed by atoms with Crippen molar-refractivity contribution in [1.82, 2.24) is 4.72 Å². The largest absolute Gasteiger partial charge is 0.398 e. The maximum Gasteiger partial charge on any atom is 0.240 e. The molecule has 0 radical (unpaired) electrons. The maximum absolute atomic E-state index is 12.2. The number of anilines is 1. The van der Waals surface area contributed by atoms with Crippen molar-refractivity contribution in [3.05, 3.63) is 22.2 Å². The van der Waals surface area contributed by atoms with E-state index < -0.39 is 10.0 Å². The molecule has 0 unspecified atom stereocenters. The zero-order valence-electron chi connectivity index (χ0n) is 10.7. The highest BCUT2D eigenvalue weighted by atomic mass is 79.9. The van der Waals surface area contributed by atoms with Crippen LogP contribution in [0.25, 0.3) is 0 Å². The van der Waals surface area contributed by atoms with Crippen LogP contribution in [0.15, 0.2) is 21.5 Å². The minimum atomic E-state index is -3.53. The highest BCUT2D eigenvalue weighted by molar-refractivity contribution is 9.10. The molecule has 0 aliphatic rings. The Morgan fingerprint density at radius 2 is 2.11 bits per heavy atom. The Kier molecular flexibility index (Phi) is 5.85. The molecule has 0 aliphatic carbocycles. The summed E-state index contributed by atoms with van der Waals surface area (Å²) in [6.07, 6.45) is 7.31. The van der Waals surface area contributed by atoms with Crippen molar-refractivity contribution in [3.63, 3.8) is 0 Å². The van der Waals surface area contributed by atoms with E-state index in [2.05, 4.69) is 26.6 Å². The SMILES string of the molecule is C#CCCCCNS(=O)(=O)c1cc(Br)cc(N)c1C. The van der Waals surface area contributed by atoms with Gasteiger partial charge in [-0.15, -0.1) is 12.3 Å². The summed E-state index contributed by atoms with van der Waals surface area (Å²) < 4.78 is 27.5. The summed E-state index contributed by atoms with van der Waals surface area (Å²) in [5.74, 6) is 2.52. The van der Waals surface area contributed by atoms with Crippen molar-refractivity contribution in [1.29, 1.82) is 0 Å². The lowest BCUT2D eigenvalue weighted by Crippen LogP contribution is -2.25. The molecule has 19 heavy (non-hydrogen) atoms. The van der Waals surface area contributed by atoms with Crippen molar-refractivity contribution in [3.8, 4) is 12.3 Å². The van der Waals surface area contributed by atoms with Gasteiger partial charge in [0.2, 0.25) is 10.0 Å². The van der Waals surface area contributed by atoms with Gasteiger partial charge in [-0.3, -0.25) is 0 Å². The number of rotatable bonds is 6. The van der Waals surface area contributed by atoms with E-state index in [1.807, 2.05) is 0 Å². The Morgan fingerprint density at radius 1 is 1.42 bits per heavy atom. The molecule has 0 amide bonds. The third kappa shape index (κ3) is 4.53. The Morgan fingerprint density at radius 3 is 2.74 bits per heavy atom. The first-order valence-electron chi connectivity index (χ1n) is 5.87. The van der Waals surface area contributed by atoms with Crippen LogP contribution in [-0.4, -0.2) is 15.0 Å². The van der Waals surface area contributed by atoms with Gasteiger partial charge in [0.25, 0.3) is 0 Å². The van der Waals surface area contributed by atoms with E-state index in [-0.39, 0.29) is 4.90 Å². The molecular weight excluding hydrogens is 328 g/mol. The van der Waals surface area contributed by atoms with Gasteiger partial charge in [0.05, 0.1) is 4.90 Å². The van der Waals surface area contributed by atoms with Crippen LogP contribution < -0.4 is 10.5 Å². The first kappa shape index (κ1) is 16.0. The van der Waals surface area contributed by atoms with Crippen LogP contribution in [0.1, 0.15) is 24.8 Å². The van der Waals surface area contributed by atoms with Crippen molar-refractivity contribution in [2.45, 2.75) is 31.1 Å². The number of hydrogen-bond acceptors (Lipinski definition) is 3. The second kappa shape index (κ2) is 6.94. The molecule has 0 aliphatic heterocycles. The molecule has 0 saturated heterocycles. The van der Waals surface area contributed by atoms with E-state index in [0.717, 1.165) is 6.42 Å². The van der Waals surface area contributed by atoms with Crippen molar-refractivity contribution in [2.75, 3.05) is 12.3 Å². The van der Waals surface area contributed by atoms with E-state index in [0.29, 0.717) is 35.1 Å². The van der Waals surface area contributed by atoms with Crippen molar-refractivity contribution < 1.29 is 8.42 Å². The second-order valence-electron chi connectivity index (χ2n) is 4.18. The van der Waals surface area contributed by atoms with Gasteiger partial charge in [-0.1, -0.05) is 15.9 Å². The summed E-state index contributed by atoms with van der Waals surface area (Å²) in [5.41, 5.74) is 6.77. The van der Waals surface area contributed by atoms with Gasteiger partial charge in [0, 0.05) is 23.1 Å². The number of unbranched alkanes of at least 4 members (excludes halogenated alkanes) is 2. The molecule has 0 atom stereocenters. The minimum absolute atomic E-state index is 0.205. The van der Waals surface area contributed by atoms with E-state index in [1.54, 1.807) is 19.1 Å². The topological polar surface area (TPSA) is 72.2 Å². The van der Waals surface area contributed by atoms with E-state index in [9.17, 15) is 8.42 Å². The highest BCUT2D eigenvalue weighted by Gasteiger charge is 2.18. The number of terminal acetylenes is 1. The van der Waals surface area contributed by atoms with Gasteiger partial charge in [-0.25, -0.2) is 13.1 Å². The standard InChI is InChI=1S/C13H17BrN2O2S/c1-3-4-5-6-7-16-19(17,18)13-9-11(14)8-12(15)10(13)2/h1,8-9,16H,4-7,15H2,2H3. The smallest absolute Gasteiger partial charge is 0.240 e. The molecular formula is C13H17BrN2O2S. The van der Waals surface area contributed by atoms with E-state index in [4.69, 9.17) is 12.2 Å². The normalized spacial score (nSPS) is 11.2. The lowest BCUT2D eigenvalue weighted by molar-refractivity contribution is 0.576. The molecule has 1 aromatic rings. The van der Waals surface area contributed by atoms with E-state index >= 15 is 0 Å². The molecule has 0 fully saturated rings. The van der Waals surface area contributed by atoms with Crippen LogP contribution >= 0.6 is 15.9 Å². The fourth-order valence-corrected chi connectivity index (χ4v) is 3.59. The first-order chi connectivity index (χ1) is 8.88. The summed E-state index contributed by atoms with van der Waals surface area (Å²) >= 11 is 3.25. The Labute approximate surface area is 123 Å². The van der Waals surface area contributed by atoms with Crippen LogP contribution in [0.5, 0.6) is 0 Å². The van der Waals surface area contributed by atoms with Gasteiger partial charge in [0.1, 0.15) is 0 Å². The number of nitrogens with two attached hydrogens (primary N) is 1. The molecule has 0 bridgehead atoms. The molecule has 0 aromatic heterocycles. The quantitative estimate of drug-likeness (QED) is 0.473. The Hall–Kier alpha value is -1.03. The third-order valence-corrected chi connectivity index (χ3v) is 4.74. The molecule has 6 heteroatoms. The maximum atomic E-state index is 12.2. The summed E-state index contributed by atoms with van der Waals surface area (Å²) in [4.78, 5) is 0.205. The van der Waals surface area contributed by atoms with Gasteiger partial charge in [0.15, 0.2) is 0 Å². The lowest BCUT2D eigenvalue weighted by atomic mass is 10.2. The van der Waals surface area contributed by atoms with E-state index in [1.165, 1.54) is 0 Å². The van der Waals surface area contributed by atoms with Crippen LogP contribution in [0, 0.1) is 19.3 Å². The fourth-order valence-electron chi connectivity index (χ4n) is 1.59. The van der Waals surface area contributed by atoms with Crippen LogP contribution in [-0.2, 0) is 10.0 Å². The zero-order chi connectivity index (χ0) is 14.5. The lowest BCUT2D eigenvalue weighted by Gasteiger charge is -2.11. The Balaban J connectivity index is 2.81. The van der Waals surface area contributed by atoms with Crippen molar-refractivity contribution in [2.24, 2.45) is 0 Å². The van der Waals surface area contributed by atoms with Gasteiger partial charge >= 0.3 is 0 Å². The minimum Gasteiger partial charge on any atom is -0.398 e. The molecule has 0 spiro atoms. The summed E-state index contributed by atoms with van der Waals surface area (Å²) in [6, 6.07) is 3.23. The molecule has 104 valence electrons. The second-order valence-corrected chi connectivity index (χ2v) is 6.83. The number of hydrogen-bond donors (Lipinski definition) is 2. The zero-order valence-corrected chi connectivity index (χ0v) is 13.1. The number of nitrogens with one attached hydrogen (secondary N) is 1. The predicted molar refractivity (Wildman–Crippen MR) is 81.2 cm³/mol. The molecule has 0 heterocycles. The number of sulfonamides is 1. The average Bonchev–Trinajstić information content (AvgIpc) is 2.33. The number of nitrogen functional groups attached to an aromatic ring is 1.